The van der Waals surface area contributed by atoms with Crippen molar-refractivity contribution >= 4 is 11.4 Å². The number of hydrogen-bond donors (Lipinski definition) is 1. The summed E-state index contributed by atoms with van der Waals surface area (Å²) < 4.78 is 1.74. The Morgan fingerprint density at radius 3 is 3.20 bits per heavy atom. The molecule has 3 rings (SSSR count). The molecule has 0 saturated carbocycles. The average molecular weight is 272 g/mol. The first-order valence-electron chi connectivity index (χ1n) is 7.21. The van der Waals surface area contributed by atoms with Crippen LogP contribution >= 0.6 is 0 Å². The maximum absolute atomic E-state index is 12.7. The lowest BCUT2D eigenvalue weighted by Crippen LogP contribution is -2.40. The topological polar surface area (TPSA) is 63.6 Å². The van der Waals surface area contributed by atoms with Crippen molar-refractivity contribution in [2.75, 3.05) is 19.6 Å². The van der Waals surface area contributed by atoms with Crippen molar-refractivity contribution in [1.82, 2.24) is 14.5 Å². The second-order valence-electron chi connectivity index (χ2n) is 5.43. The van der Waals surface area contributed by atoms with Gasteiger partial charge in [-0.2, -0.15) is 5.10 Å². The van der Waals surface area contributed by atoms with Crippen molar-refractivity contribution in [3.05, 3.63) is 36.2 Å². The van der Waals surface area contributed by atoms with Gasteiger partial charge in [-0.3, -0.25) is 4.79 Å². The zero-order valence-corrected chi connectivity index (χ0v) is 11.5. The van der Waals surface area contributed by atoms with E-state index in [0.29, 0.717) is 18.0 Å². The molecule has 2 aromatic heterocycles. The summed E-state index contributed by atoms with van der Waals surface area (Å²) in [6.45, 7) is 2.35. The molecular formula is C15H20N4O. The summed E-state index contributed by atoms with van der Waals surface area (Å²) in [7, 11) is 0. The van der Waals surface area contributed by atoms with Gasteiger partial charge in [0.1, 0.15) is 0 Å². The third-order valence-electron chi connectivity index (χ3n) is 4.04. The van der Waals surface area contributed by atoms with Gasteiger partial charge in [-0.1, -0.05) is 6.07 Å². The van der Waals surface area contributed by atoms with E-state index in [1.165, 1.54) is 6.42 Å². The summed E-state index contributed by atoms with van der Waals surface area (Å²) in [5.74, 6) is 0.632. The summed E-state index contributed by atoms with van der Waals surface area (Å²) in [5.41, 5.74) is 7.20. The highest BCUT2D eigenvalue weighted by Crippen LogP contribution is 2.22. The molecule has 1 aliphatic rings. The molecule has 106 valence electrons. The van der Waals surface area contributed by atoms with Crippen LogP contribution in [0.15, 0.2) is 30.6 Å². The molecule has 0 aromatic carbocycles. The van der Waals surface area contributed by atoms with E-state index in [2.05, 4.69) is 5.10 Å². The Hall–Kier alpha value is -1.88. The molecular weight excluding hydrogens is 252 g/mol. The van der Waals surface area contributed by atoms with Gasteiger partial charge >= 0.3 is 0 Å². The molecule has 0 spiro atoms. The van der Waals surface area contributed by atoms with E-state index in [-0.39, 0.29) is 5.91 Å². The van der Waals surface area contributed by atoms with E-state index in [0.717, 1.165) is 31.4 Å². The first-order chi connectivity index (χ1) is 9.79. The van der Waals surface area contributed by atoms with Gasteiger partial charge in [0.25, 0.3) is 5.91 Å². The van der Waals surface area contributed by atoms with Crippen LogP contribution in [-0.2, 0) is 0 Å². The minimum absolute atomic E-state index is 0.0907. The monoisotopic (exact) mass is 272 g/mol. The number of fused-ring (bicyclic) bond motifs is 1. The lowest BCUT2D eigenvalue weighted by molar-refractivity contribution is 0.0671. The van der Waals surface area contributed by atoms with E-state index in [4.69, 9.17) is 5.73 Å². The minimum Gasteiger partial charge on any atom is -0.338 e. The molecule has 0 radical (unpaired) electrons. The van der Waals surface area contributed by atoms with Crippen LogP contribution in [0.4, 0.5) is 0 Å². The van der Waals surface area contributed by atoms with Crippen LogP contribution in [0.5, 0.6) is 0 Å². The number of nitrogens with zero attached hydrogens (tertiary/aromatic N) is 3. The van der Waals surface area contributed by atoms with Crippen molar-refractivity contribution < 1.29 is 4.79 Å². The number of rotatable bonds is 3. The summed E-state index contributed by atoms with van der Waals surface area (Å²) in [6.07, 6.45) is 6.77. The molecule has 1 amide bonds. The van der Waals surface area contributed by atoms with Crippen LogP contribution in [0, 0.1) is 5.92 Å². The van der Waals surface area contributed by atoms with Crippen molar-refractivity contribution in [3.8, 4) is 0 Å². The highest BCUT2D eigenvalue weighted by atomic mass is 16.2. The summed E-state index contributed by atoms with van der Waals surface area (Å²) in [4.78, 5) is 14.6. The maximum Gasteiger partial charge on any atom is 0.257 e. The van der Waals surface area contributed by atoms with Gasteiger partial charge in [0.15, 0.2) is 0 Å². The SMILES string of the molecule is NCCC1CCCN(C(=O)c2cnn3ccccc23)C1. The van der Waals surface area contributed by atoms with E-state index < -0.39 is 0 Å². The molecule has 3 heterocycles. The number of carbonyl (C=O) groups excluding carboxylic acids is 1. The Labute approximate surface area is 118 Å². The number of pyridine rings is 1. The van der Waals surface area contributed by atoms with Crippen LogP contribution < -0.4 is 5.73 Å². The Kier molecular flexibility index (Phi) is 3.69. The zero-order valence-electron chi connectivity index (χ0n) is 11.5. The standard InChI is InChI=1S/C15H20N4O/c16-7-6-12-4-3-8-18(11-12)15(20)13-10-17-19-9-2-1-5-14(13)19/h1-2,5,9-10,12H,3-4,6-8,11,16H2. The summed E-state index contributed by atoms with van der Waals surface area (Å²) in [6, 6.07) is 5.77. The molecule has 2 N–H and O–H groups in total. The first-order valence-corrected chi connectivity index (χ1v) is 7.21. The van der Waals surface area contributed by atoms with Crippen LogP contribution in [0.2, 0.25) is 0 Å². The Bertz CT molecular complexity index is 605. The smallest absolute Gasteiger partial charge is 0.257 e. The number of carbonyl (C=O) groups is 1. The van der Waals surface area contributed by atoms with Crippen molar-refractivity contribution in [2.45, 2.75) is 19.3 Å². The van der Waals surface area contributed by atoms with E-state index >= 15 is 0 Å². The lowest BCUT2D eigenvalue weighted by Gasteiger charge is -2.32. The average Bonchev–Trinajstić information content (AvgIpc) is 2.91. The molecule has 5 nitrogen and oxygen atoms in total. The van der Waals surface area contributed by atoms with E-state index in [9.17, 15) is 4.79 Å². The number of piperidine rings is 1. The third kappa shape index (κ3) is 2.41. The molecule has 0 bridgehead atoms. The predicted molar refractivity (Wildman–Crippen MR) is 77.5 cm³/mol. The highest BCUT2D eigenvalue weighted by Gasteiger charge is 2.25. The molecule has 20 heavy (non-hydrogen) atoms. The molecule has 5 heteroatoms. The number of aromatic nitrogens is 2. The fourth-order valence-electron chi connectivity index (χ4n) is 2.99. The highest BCUT2D eigenvalue weighted by molar-refractivity contribution is 6.00. The molecule has 1 atom stereocenters. The number of likely N-dealkylation sites (tertiary alicyclic amines) is 1. The first kappa shape index (κ1) is 13.1. The number of amides is 1. The van der Waals surface area contributed by atoms with Gasteiger partial charge in [0.05, 0.1) is 17.3 Å². The van der Waals surface area contributed by atoms with Gasteiger partial charge in [0, 0.05) is 19.3 Å². The Morgan fingerprint density at radius 2 is 2.35 bits per heavy atom. The lowest BCUT2D eigenvalue weighted by atomic mass is 9.94. The molecule has 0 aliphatic carbocycles. The van der Waals surface area contributed by atoms with Crippen molar-refractivity contribution in [3.63, 3.8) is 0 Å². The van der Waals surface area contributed by atoms with Crippen LogP contribution in [0.25, 0.3) is 5.52 Å². The van der Waals surface area contributed by atoms with Crippen LogP contribution in [-0.4, -0.2) is 40.1 Å². The molecule has 1 fully saturated rings. The molecule has 1 aliphatic heterocycles. The maximum atomic E-state index is 12.7. The third-order valence-corrected chi connectivity index (χ3v) is 4.04. The Balaban J connectivity index is 1.81. The number of nitrogens with two attached hydrogens (primary N) is 1. The molecule has 2 aromatic rings. The van der Waals surface area contributed by atoms with Crippen molar-refractivity contribution in [1.29, 1.82) is 0 Å². The normalized spacial score (nSPS) is 19.4. The largest absolute Gasteiger partial charge is 0.338 e. The van der Waals surface area contributed by atoms with Gasteiger partial charge in [-0.05, 0) is 43.9 Å². The van der Waals surface area contributed by atoms with Gasteiger partial charge in [0.2, 0.25) is 0 Å². The Morgan fingerprint density at radius 1 is 1.45 bits per heavy atom. The van der Waals surface area contributed by atoms with Crippen molar-refractivity contribution in [2.24, 2.45) is 11.7 Å². The van der Waals surface area contributed by atoms with E-state index in [1.54, 1.807) is 10.7 Å². The number of hydrogen-bond acceptors (Lipinski definition) is 3. The minimum atomic E-state index is 0.0907. The van der Waals surface area contributed by atoms with Crippen LogP contribution in [0.1, 0.15) is 29.6 Å². The second-order valence-corrected chi connectivity index (χ2v) is 5.43. The van der Waals surface area contributed by atoms with Crippen LogP contribution in [0.3, 0.4) is 0 Å². The second kappa shape index (κ2) is 5.63. The van der Waals surface area contributed by atoms with Gasteiger partial charge < -0.3 is 10.6 Å². The molecule has 1 unspecified atom stereocenters. The van der Waals surface area contributed by atoms with Gasteiger partial charge in [-0.25, -0.2) is 4.52 Å². The summed E-state index contributed by atoms with van der Waals surface area (Å²) >= 11 is 0. The fraction of sp³-hybridized carbons (Fsp3) is 0.467. The fourth-order valence-corrected chi connectivity index (χ4v) is 2.99. The quantitative estimate of drug-likeness (QED) is 0.921. The van der Waals surface area contributed by atoms with E-state index in [1.807, 2.05) is 29.3 Å². The van der Waals surface area contributed by atoms with Gasteiger partial charge in [-0.15, -0.1) is 0 Å². The molecule has 1 saturated heterocycles. The predicted octanol–water partition coefficient (Wildman–Crippen LogP) is 1.54. The summed E-state index contributed by atoms with van der Waals surface area (Å²) in [5, 5.41) is 4.24. The zero-order chi connectivity index (χ0) is 13.9.